The van der Waals surface area contributed by atoms with E-state index in [1.165, 1.54) is 0 Å². The molecule has 0 fully saturated rings. The number of rotatable bonds is 18. The normalized spacial score (nSPS) is 12.7. The summed E-state index contributed by atoms with van der Waals surface area (Å²) >= 11 is 0. The molecule has 0 heterocycles. The molecule has 0 aliphatic carbocycles. The third-order valence-corrected chi connectivity index (χ3v) is 8.85. The van der Waals surface area contributed by atoms with E-state index in [0.29, 0.717) is 46.2 Å². The minimum absolute atomic E-state index is 0.501. The maximum Gasteiger partial charge on any atom is 0.679 e. The lowest BCUT2D eigenvalue weighted by atomic mass is 10.4. The number of hydrogen-bond acceptors (Lipinski definition) is 7. The predicted octanol–water partition coefficient (Wildman–Crippen LogP) is 3.38. The molecule has 0 saturated carbocycles. The van der Waals surface area contributed by atoms with Crippen LogP contribution in [-0.2, 0) is 31.0 Å². The molecule has 0 amide bonds. The maximum atomic E-state index is 5.91. The van der Waals surface area contributed by atoms with Gasteiger partial charge < -0.3 is 31.0 Å². The fourth-order valence-electron chi connectivity index (χ4n) is 2.42. The highest BCUT2D eigenvalue weighted by molar-refractivity contribution is 6.60. The van der Waals surface area contributed by atoms with E-state index in [-0.39, 0.29) is 0 Å². The Hall–Kier alpha value is 0.154. The van der Waals surface area contributed by atoms with E-state index >= 15 is 0 Å². The van der Waals surface area contributed by atoms with Crippen molar-refractivity contribution in [2.75, 3.05) is 46.2 Å². The van der Waals surface area contributed by atoms with Crippen LogP contribution in [0.15, 0.2) is 0 Å². The summed E-state index contributed by atoms with van der Waals surface area (Å²) in [5, 5.41) is 0. The van der Waals surface area contributed by atoms with Crippen molar-refractivity contribution in [1.82, 2.24) is 0 Å². The summed E-state index contributed by atoms with van der Waals surface area (Å²) in [6.07, 6.45) is 1.73. The van der Waals surface area contributed by atoms with Crippen LogP contribution in [0.4, 0.5) is 0 Å². The first-order chi connectivity index (χ1) is 12.1. The number of hydrogen-bond donors (Lipinski definition) is 0. The van der Waals surface area contributed by atoms with Gasteiger partial charge in [0.2, 0.25) is 0 Å². The molecule has 0 aromatic heterocycles. The molecule has 0 rings (SSSR count). The maximum absolute atomic E-state index is 5.91. The van der Waals surface area contributed by atoms with Gasteiger partial charge in [-0.15, -0.1) is 0 Å². The average molecular weight is 399 g/mol. The molecule has 0 saturated heterocycles. The van der Waals surface area contributed by atoms with Gasteiger partial charge in [-0.2, -0.15) is 0 Å². The van der Waals surface area contributed by atoms with Crippen LogP contribution in [0, 0.1) is 0 Å². The fourth-order valence-corrected chi connectivity index (χ4v) is 7.06. The van der Waals surface area contributed by atoms with Crippen LogP contribution in [0.5, 0.6) is 0 Å². The van der Waals surface area contributed by atoms with Gasteiger partial charge >= 0.3 is 17.9 Å². The van der Waals surface area contributed by atoms with Crippen molar-refractivity contribution in [3.8, 4) is 0 Å². The van der Waals surface area contributed by atoms with Gasteiger partial charge in [0.15, 0.2) is 0 Å². The molecule has 0 aromatic rings. The Morgan fingerprint density at radius 3 is 1.24 bits per heavy atom. The first-order valence-electron chi connectivity index (χ1n) is 9.55. The lowest BCUT2D eigenvalue weighted by molar-refractivity contribution is -0.0279. The molecule has 0 spiro atoms. The van der Waals surface area contributed by atoms with E-state index in [2.05, 4.69) is 0 Å². The topological polar surface area (TPSA) is 64.6 Å². The summed E-state index contributed by atoms with van der Waals surface area (Å²) < 4.78 is 40.5. The van der Waals surface area contributed by atoms with Gasteiger partial charge in [-0.1, -0.05) is 0 Å². The van der Waals surface area contributed by atoms with Crippen LogP contribution in [-0.4, -0.2) is 64.1 Å². The minimum Gasteiger partial charge on any atom is -0.374 e. The second-order valence-corrected chi connectivity index (χ2v) is 9.97. The molecule has 152 valence electrons. The molecule has 0 aliphatic heterocycles. The minimum atomic E-state index is -3.02. The molecule has 0 atom stereocenters. The summed E-state index contributed by atoms with van der Waals surface area (Å²) in [5.41, 5.74) is 0. The van der Waals surface area contributed by atoms with Crippen LogP contribution in [0.3, 0.4) is 0 Å². The summed E-state index contributed by atoms with van der Waals surface area (Å²) in [6.45, 7) is 15.4. The molecule has 7 nitrogen and oxygen atoms in total. The quantitative estimate of drug-likeness (QED) is 0.259. The summed E-state index contributed by atoms with van der Waals surface area (Å²) in [5.74, 6) is 0. The molecule has 9 heteroatoms. The molecule has 0 aliphatic rings. The molecule has 25 heavy (non-hydrogen) atoms. The second-order valence-electron chi connectivity index (χ2n) is 5.09. The van der Waals surface area contributed by atoms with E-state index in [4.69, 9.17) is 31.0 Å². The lowest BCUT2D eigenvalue weighted by Gasteiger charge is -2.29. The van der Waals surface area contributed by atoms with Gasteiger partial charge in [0, 0.05) is 52.3 Å². The van der Waals surface area contributed by atoms with Crippen molar-refractivity contribution in [1.29, 1.82) is 0 Å². The molecule has 0 radical (unpaired) electrons. The fraction of sp³-hybridized carbons (Fsp3) is 1.00. The first-order valence-corrected chi connectivity index (χ1v) is 13.1. The van der Waals surface area contributed by atoms with E-state index in [9.17, 15) is 0 Å². The second kappa shape index (κ2) is 15.2. The molecule has 0 bridgehead atoms. The summed E-state index contributed by atoms with van der Waals surface area (Å²) in [4.78, 5) is 0. The summed E-state index contributed by atoms with van der Waals surface area (Å²) in [7, 11) is -5.59. The SMILES string of the molecule is CCO[Si](CCCCO[Si](OCC)(OCC)OCC)(OCC)OCC. The average Bonchev–Trinajstić information content (AvgIpc) is 2.56. The predicted molar refractivity (Wildman–Crippen MR) is 101 cm³/mol. The zero-order valence-electron chi connectivity index (χ0n) is 16.9. The first kappa shape index (κ1) is 25.2. The Bertz CT molecular complexity index is 246. The third kappa shape index (κ3) is 10.2. The van der Waals surface area contributed by atoms with Crippen LogP contribution < -0.4 is 0 Å². The Morgan fingerprint density at radius 2 is 0.880 bits per heavy atom. The standard InChI is InChI=1S/C16H38O7Si2/c1-7-17-24(18-8-2,19-9-3)16-14-13-15-23-25(20-10-4,21-11-5)22-12-6/h7-16H2,1-6H3. The van der Waals surface area contributed by atoms with E-state index in [0.717, 1.165) is 18.9 Å². The Labute approximate surface area is 156 Å². The van der Waals surface area contributed by atoms with Crippen molar-refractivity contribution in [2.45, 2.75) is 60.4 Å². The highest BCUT2D eigenvalue weighted by atomic mass is 28.4. The van der Waals surface area contributed by atoms with Crippen molar-refractivity contribution in [3.63, 3.8) is 0 Å². The third-order valence-electron chi connectivity index (χ3n) is 3.21. The monoisotopic (exact) mass is 398 g/mol. The van der Waals surface area contributed by atoms with Gasteiger partial charge in [-0.3, -0.25) is 0 Å². The van der Waals surface area contributed by atoms with Gasteiger partial charge in [0.1, 0.15) is 0 Å². The largest absolute Gasteiger partial charge is 0.679 e. The highest BCUT2D eigenvalue weighted by Gasteiger charge is 2.45. The zero-order chi connectivity index (χ0) is 19.0. The van der Waals surface area contributed by atoms with E-state index < -0.39 is 17.9 Å². The van der Waals surface area contributed by atoms with Crippen molar-refractivity contribution < 1.29 is 31.0 Å². The van der Waals surface area contributed by atoms with Gasteiger partial charge in [0.25, 0.3) is 0 Å². The Balaban J connectivity index is 4.49. The highest BCUT2D eigenvalue weighted by Crippen LogP contribution is 2.20. The molecule has 0 aromatic carbocycles. The molecule has 0 unspecified atom stereocenters. The van der Waals surface area contributed by atoms with Crippen molar-refractivity contribution >= 4 is 17.9 Å². The number of unbranched alkanes of at least 4 members (excludes halogenated alkanes) is 1. The van der Waals surface area contributed by atoms with Crippen molar-refractivity contribution in [2.24, 2.45) is 0 Å². The van der Waals surface area contributed by atoms with Crippen LogP contribution in [0.1, 0.15) is 54.4 Å². The molecular weight excluding hydrogens is 360 g/mol. The van der Waals surface area contributed by atoms with Crippen LogP contribution >= 0.6 is 0 Å². The Morgan fingerprint density at radius 1 is 0.480 bits per heavy atom. The van der Waals surface area contributed by atoms with Crippen molar-refractivity contribution in [3.05, 3.63) is 0 Å². The zero-order valence-corrected chi connectivity index (χ0v) is 18.9. The van der Waals surface area contributed by atoms with Gasteiger partial charge in [-0.05, 0) is 54.4 Å². The van der Waals surface area contributed by atoms with Crippen LogP contribution in [0.25, 0.3) is 0 Å². The lowest BCUT2D eigenvalue weighted by Crippen LogP contribution is -2.49. The van der Waals surface area contributed by atoms with Crippen LogP contribution in [0.2, 0.25) is 6.04 Å². The van der Waals surface area contributed by atoms with Gasteiger partial charge in [0.05, 0.1) is 0 Å². The Kier molecular flexibility index (Phi) is 15.3. The molecular formula is C16H38O7Si2. The smallest absolute Gasteiger partial charge is 0.374 e. The van der Waals surface area contributed by atoms with E-state index in [1.54, 1.807) is 0 Å². The van der Waals surface area contributed by atoms with Gasteiger partial charge in [-0.25, -0.2) is 0 Å². The van der Waals surface area contributed by atoms with E-state index in [1.807, 2.05) is 41.5 Å². The molecule has 0 N–H and O–H groups in total. The summed E-state index contributed by atoms with van der Waals surface area (Å²) in [6, 6.07) is 0.776.